The minimum Gasteiger partial charge on any atom is -0.400 e. The lowest BCUT2D eigenvalue weighted by Gasteiger charge is -2.32. The van der Waals surface area contributed by atoms with E-state index in [-0.39, 0.29) is 18.3 Å². The van der Waals surface area contributed by atoms with Crippen molar-refractivity contribution in [2.45, 2.75) is 85.4 Å². The quantitative estimate of drug-likeness (QED) is 0.669. The molecule has 0 aromatic heterocycles. The molecule has 1 aliphatic rings. The average molecular weight is 252 g/mol. The minimum absolute atomic E-state index is 0.151. The molecule has 2 nitrogen and oxygen atoms in total. The van der Waals surface area contributed by atoms with Crippen molar-refractivity contribution in [3.05, 3.63) is 11.0 Å². The lowest BCUT2D eigenvalue weighted by atomic mass is 9.72. The molecule has 0 aromatic carbocycles. The zero-order chi connectivity index (χ0) is 14.0. The number of allylic oxidation sites excluding steroid dienone is 2. The predicted molar refractivity (Wildman–Crippen MR) is 78.6 cm³/mol. The maximum atomic E-state index is 6.17. The monoisotopic (exact) mass is 252 g/mol. The molecule has 3 heteroatoms. The maximum absolute atomic E-state index is 6.17. The van der Waals surface area contributed by atoms with Crippen LogP contribution in [0.5, 0.6) is 0 Å². The van der Waals surface area contributed by atoms with Crippen molar-refractivity contribution < 1.29 is 9.31 Å². The van der Waals surface area contributed by atoms with Gasteiger partial charge in [-0.25, -0.2) is 0 Å². The van der Waals surface area contributed by atoms with E-state index in [9.17, 15) is 0 Å². The Morgan fingerprint density at radius 2 is 1.33 bits per heavy atom. The van der Waals surface area contributed by atoms with Crippen molar-refractivity contribution >= 4 is 7.12 Å². The van der Waals surface area contributed by atoms with E-state index < -0.39 is 0 Å². The predicted octanol–water partition coefficient (Wildman–Crippen LogP) is 4.53. The highest BCUT2D eigenvalue weighted by atomic mass is 16.7. The molecule has 0 spiro atoms. The van der Waals surface area contributed by atoms with Gasteiger partial charge in [0.1, 0.15) is 0 Å². The van der Waals surface area contributed by atoms with Crippen LogP contribution in [-0.2, 0) is 9.31 Å². The summed E-state index contributed by atoms with van der Waals surface area (Å²) in [5, 5.41) is 0. The lowest BCUT2D eigenvalue weighted by molar-refractivity contribution is 0.00578. The lowest BCUT2D eigenvalue weighted by Crippen LogP contribution is -2.41. The van der Waals surface area contributed by atoms with Crippen molar-refractivity contribution in [3.63, 3.8) is 0 Å². The second kappa shape index (κ2) is 5.79. The molecule has 104 valence electrons. The van der Waals surface area contributed by atoms with E-state index in [2.05, 4.69) is 48.5 Å². The van der Waals surface area contributed by atoms with Crippen LogP contribution < -0.4 is 0 Å². The molecule has 0 bridgehead atoms. The molecule has 0 atom stereocenters. The summed E-state index contributed by atoms with van der Waals surface area (Å²) < 4.78 is 12.3. The van der Waals surface area contributed by atoms with Gasteiger partial charge in [0.05, 0.1) is 11.2 Å². The molecule has 0 unspecified atom stereocenters. The molecule has 1 rings (SSSR count). The topological polar surface area (TPSA) is 18.5 Å². The van der Waals surface area contributed by atoms with Gasteiger partial charge in [-0.2, -0.15) is 0 Å². The zero-order valence-corrected chi connectivity index (χ0v) is 13.2. The first kappa shape index (κ1) is 15.8. The van der Waals surface area contributed by atoms with Crippen LogP contribution >= 0.6 is 0 Å². The van der Waals surface area contributed by atoms with Crippen molar-refractivity contribution in [1.82, 2.24) is 0 Å². The van der Waals surface area contributed by atoms with E-state index in [1.807, 2.05) is 0 Å². The van der Waals surface area contributed by atoms with E-state index in [0.717, 1.165) is 19.3 Å². The van der Waals surface area contributed by atoms with Gasteiger partial charge in [-0.3, -0.25) is 0 Å². The molecule has 0 aromatic rings. The van der Waals surface area contributed by atoms with Gasteiger partial charge in [0, 0.05) is 0 Å². The molecule has 0 aliphatic carbocycles. The van der Waals surface area contributed by atoms with Gasteiger partial charge >= 0.3 is 7.12 Å². The molecule has 0 amide bonds. The summed E-state index contributed by atoms with van der Waals surface area (Å²) in [4.78, 5) is 0. The van der Waals surface area contributed by atoms with Crippen LogP contribution in [0.25, 0.3) is 0 Å². The first-order valence-electron chi connectivity index (χ1n) is 7.29. The molecule has 1 heterocycles. The van der Waals surface area contributed by atoms with Crippen LogP contribution in [-0.4, -0.2) is 18.3 Å². The molecule has 0 saturated carbocycles. The fourth-order valence-electron chi connectivity index (χ4n) is 2.32. The Balaban J connectivity index is 2.94. The summed E-state index contributed by atoms with van der Waals surface area (Å²) in [5.41, 5.74) is 2.34. The Bertz CT molecular complexity index is 302. The maximum Gasteiger partial charge on any atom is 0.490 e. The Morgan fingerprint density at radius 1 is 0.889 bits per heavy atom. The van der Waals surface area contributed by atoms with Crippen LogP contribution in [0.1, 0.15) is 74.1 Å². The first-order chi connectivity index (χ1) is 8.25. The summed E-state index contributed by atoms with van der Waals surface area (Å²) in [6, 6.07) is 0. The fraction of sp³-hybridized carbons (Fsp3) is 0.867. The third kappa shape index (κ3) is 3.18. The number of hydrogen-bond donors (Lipinski definition) is 0. The average Bonchev–Trinajstić information content (AvgIpc) is 2.44. The van der Waals surface area contributed by atoms with Crippen LogP contribution in [0.4, 0.5) is 0 Å². The van der Waals surface area contributed by atoms with Crippen molar-refractivity contribution in [1.29, 1.82) is 0 Å². The molecule has 1 saturated heterocycles. The van der Waals surface area contributed by atoms with Crippen LogP contribution in [0.15, 0.2) is 11.0 Å². The Kier molecular flexibility index (Phi) is 5.08. The molecular weight excluding hydrogens is 223 g/mol. The zero-order valence-electron chi connectivity index (χ0n) is 13.2. The molecule has 1 fully saturated rings. The van der Waals surface area contributed by atoms with Crippen LogP contribution in [0, 0.1) is 0 Å². The standard InChI is InChI=1S/C15H29BO2/c1-8-10-12(3)13(11-9-2)16-17-14(4,5)15(6,7)18-16/h8-11H2,1-7H3/b13-12-. The van der Waals surface area contributed by atoms with Crippen LogP contribution in [0.2, 0.25) is 0 Å². The number of hydrogen-bond acceptors (Lipinski definition) is 2. The second-order valence-electron chi connectivity index (χ2n) is 6.39. The van der Waals surface area contributed by atoms with Gasteiger partial charge in [0.2, 0.25) is 0 Å². The smallest absolute Gasteiger partial charge is 0.400 e. The van der Waals surface area contributed by atoms with Crippen molar-refractivity contribution in [2.75, 3.05) is 0 Å². The molecule has 0 radical (unpaired) electrons. The summed E-state index contributed by atoms with van der Waals surface area (Å²) in [6.45, 7) is 15.1. The Labute approximate surface area is 113 Å². The van der Waals surface area contributed by atoms with Gasteiger partial charge in [-0.05, 0) is 52.9 Å². The Morgan fingerprint density at radius 3 is 1.72 bits per heavy atom. The van der Waals surface area contributed by atoms with Gasteiger partial charge in [-0.1, -0.05) is 32.3 Å². The SMILES string of the molecule is CCC/C(C)=C(/CCC)B1OC(C)(C)C(C)(C)O1. The fourth-order valence-corrected chi connectivity index (χ4v) is 2.32. The second-order valence-corrected chi connectivity index (χ2v) is 6.39. The van der Waals surface area contributed by atoms with E-state index >= 15 is 0 Å². The van der Waals surface area contributed by atoms with E-state index in [1.54, 1.807) is 0 Å². The molecule has 0 N–H and O–H groups in total. The molecular formula is C15H29BO2. The third-order valence-corrected chi connectivity index (χ3v) is 4.23. The van der Waals surface area contributed by atoms with Gasteiger partial charge in [0.15, 0.2) is 0 Å². The van der Waals surface area contributed by atoms with Gasteiger partial charge < -0.3 is 9.31 Å². The Hall–Kier alpha value is -0.275. The van der Waals surface area contributed by atoms with Crippen molar-refractivity contribution in [2.24, 2.45) is 0 Å². The summed E-state index contributed by atoms with van der Waals surface area (Å²) in [5.74, 6) is 0. The normalized spacial score (nSPS) is 23.2. The van der Waals surface area contributed by atoms with Gasteiger partial charge in [0.25, 0.3) is 0 Å². The highest BCUT2D eigenvalue weighted by Gasteiger charge is 2.52. The molecule has 18 heavy (non-hydrogen) atoms. The highest BCUT2D eigenvalue weighted by molar-refractivity contribution is 6.54. The van der Waals surface area contributed by atoms with Crippen LogP contribution in [0.3, 0.4) is 0 Å². The summed E-state index contributed by atoms with van der Waals surface area (Å²) >= 11 is 0. The minimum atomic E-state index is -0.233. The van der Waals surface area contributed by atoms with E-state index in [1.165, 1.54) is 17.5 Å². The summed E-state index contributed by atoms with van der Waals surface area (Å²) in [6.07, 6.45) is 4.53. The summed E-state index contributed by atoms with van der Waals surface area (Å²) in [7, 11) is -0.151. The van der Waals surface area contributed by atoms with E-state index in [0.29, 0.717) is 0 Å². The van der Waals surface area contributed by atoms with Crippen molar-refractivity contribution in [3.8, 4) is 0 Å². The highest BCUT2D eigenvalue weighted by Crippen LogP contribution is 2.40. The largest absolute Gasteiger partial charge is 0.490 e. The molecule has 1 aliphatic heterocycles. The number of rotatable bonds is 5. The van der Waals surface area contributed by atoms with Gasteiger partial charge in [-0.15, -0.1) is 0 Å². The van der Waals surface area contributed by atoms with E-state index in [4.69, 9.17) is 9.31 Å². The third-order valence-electron chi connectivity index (χ3n) is 4.23. The first-order valence-corrected chi connectivity index (χ1v) is 7.29.